The zero-order valence-corrected chi connectivity index (χ0v) is 16.8. The number of carbonyl (C=O) groups excluding carboxylic acids is 1. The summed E-state index contributed by atoms with van der Waals surface area (Å²) in [6.07, 6.45) is -9.04. The molecule has 0 saturated heterocycles. The Balaban J connectivity index is 1.51. The van der Waals surface area contributed by atoms with Gasteiger partial charge in [0.25, 0.3) is 5.91 Å². The molecule has 2 N–H and O–H groups in total. The fourth-order valence-corrected chi connectivity index (χ4v) is 3.49. The molecule has 13 heteroatoms. The Hall–Kier alpha value is -2.80. The summed E-state index contributed by atoms with van der Waals surface area (Å²) in [6, 6.07) is 10.6. The van der Waals surface area contributed by atoms with Crippen molar-refractivity contribution in [2.75, 3.05) is 4.72 Å². The van der Waals surface area contributed by atoms with E-state index in [4.69, 9.17) is 0 Å². The molecule has 0 bridgehead atoms. The quantitative estimate of drug-likeness (QED) is 0.355. The van der Waals surface area contributed by atoms with E-state index in [1.807, 2.05) is 0 Å². The van der Waals surface area contributed by atoms with Crippen LogP contribution in [0.25, 0.3) is 0 Å². The summed E-state index contributed by atoms with van der Waals surface area (Å²) in [7, 11) is 0. The summed E-state index contributed by atoms with van der Waals surface area (Å²) in [5.41, 5.74) is 0.0481. The van der Waals surface area contributed by atoms with E-state index in [0.29, 0.717) is 27.6 Å². The SMILES string of the molecule is O=C(NCc1ccc(C(F)(F)F)cc1)c1ccc(SNc2nc(C(F)(F)F)ns2)cc1. The zero-order chi connectivity index (χ0) is 22.6. The molecule has 5 nitrogen and oxygen atoms in total. The Morgan fingerprint density at radius 2 is 1.58 bits per heavy atom. The lowest BCUT2D eigenvalue weighted by Crippen LogP contribution is -2.22. The normalized spacial score (nSPS) is 11.9. The van der Waals surface area contributed by atoms with Crippen molar-refractivity contribution >= 4 is 34.5 Å². The number of hydrogen-bond donors (Lipinski definition) is 2. The van der Waals surface area contributed by atoms with E-state index < -0.39 is 29.6 Å². The predicted octanol–water partition coefficient (Wildman–Crippen LogP) is 5.62. The van der Waals surface area contributed by atoms with Gasteiger partial charge in [0, 0.05) is 28.5 Å². The molecule has 0 aliphatic rings. The first kappa shape index (κ1) is 22.9. The number of amides is 1. The van der Waals surface area contributed by atoms with E-state index in [2.05, 4.69) is 19.4 Å². The van der Waals surface area contributed by atoms with Gasteiger partial charge in [-0.2, -0.15) is 35.7 Å². The van der Waals surface area contributed by atoms with Gasteiger partial charge in [-0.15, -0.1) is 0 Å². The summed E-state index contributed by atoms with van der Waals surface area (Å²) in [4.78, 5) is 16.1. The molecule has 0 aliphatic carbocycles. The van der Waals surface area contributed by atoms with E-state index in [1.54, 1.807) is 12.1 Å². The minimum absolute atomic E-state index is 0.0179. The third kappa shape index (κ3) is 6.34. The van der Waals surface area contributed by atoms with Crippen LogP contribution < -0.4 is 10.0 Å². The van der Waals surface area contributed by atoms with Crippen LogP contribution in [-0.4, -0.2) is 15.3 Å². The summed E-state index contributed by atoms with van der Waals surface area (Å²) >= 11 is 1.57. The number of benzene rings is 2. The Labute approximate surface area is 180 Å². The molecule has 0 radical (unpaired) electrons. The van der Waals surface area contributed by atoms with Crippen LogP contribution >= 0.6 is 23.5 Å². The second kappa shape index (κ2) is 9.14. The van der Waals surface area contributed by atoms with Gasteiger partial charge >= 0.3 is 12.4 Å². The molecule has 3 rings (SSSR count). The van der Waals surface area contributed by atoms with Crippen LogP contribution in [0, 0.1) is 0 Å². The van der Waals surface area contributed by atoms with Crippen molar-refractivity contribution in [1.82, 2.24) is 14.7 Å². The Morgan fingerprint density at radius 1 is 0.935 bits per heavy atom. The zero-order valence-electron chi connectivity index (χ0n) is 15.2. The maximum Gasteiger partial charge on any atom is 0.452 e. The van der Waals surface area contributed by atoms with Gasteiger partial charge in [-0.05, 0) is 53.9 Å². The van der Waals surface area contributed by atoms with E-state index in [0.717, 1.165) is 24.1 Å². The lowest BCUT2D eigenvalue weighted by Gasteiger charge is -2.09. The third-order valence-corrected chi connectivity index (χ3v) is 5.35. The second-order valence-electron chi connectivity index (χ2n) is 6.03. The minimum atomic E-state index is -4.61. The highest BCUT2D eigenvalue weighted by molar-refractivity contribution is 8.00. The van der Waals surface area contributed by atoms with E-state index >= 15 is 0 Å². The van der Waals surface area contributed by atoms with Gasteiger partial charge in [-0.1, -0.05) is 12.1 Å². The summed E-state index contributed by atoms with van der Waals surface area (Å²) in [6.45, 7) is 0.0492. The van der Waals surface area contributed by atoms with Gasteiger partial charge in [0.05, 0.1) is 5.56 Å². The first-order chi connectivity index (χ1) is 14.5. The number of carbonyl (C=O) groups is 1. The van der Waals surface area contributed by atoms with Crippen LogP contribution in [0.4, 0.5) is 31.5 Å². The number of hydrogen-bond acceptors (Lipinski definition) is 6. The van der Waals surface area contributed by atoms with Gasteiger partial charge < -0.3 is 10.0 Å². The molecule has 2 aromatic carbocycles. The molecule has 0 saturated carbocycles. The van der Waals surface area contributed by atoms with E-state index in [9.17, 15) is 31.1 Å². The van der Waals surface area contributed by atoms with Crippen molar-refractivity contribution < 1.29 is 31.1 Å². The first-order valence-electron chi connectivity index (χ1n) is 8.40. The molecular formula is C18H12F6N4OS2. The second-order valence-corrected chi connectivity index (χ2v) is 7.66. The number of anilines is 1. The fraction of sp³-hybridized carbons (Fsp3) is 0.167. The number of nitrogens with one attached hydrogen (secondary N) is 2. The maximum absolute atomic E-state index is 12.6. The highest BCUT2D eigenvalue weighted by Crippen LogP contribution is 2.31. The maximum atomic E-state index is 12.6. The molecule has 0 unspecified atom stereocenters. The van der Waals surface area contributed by atoms with Crippen LogP contribution in [0.1, 0.15) is 27.3 Å². The molecule has 0 atom stereocenters. The highest BCUT2D eigenvalue weighted by Gasteiger charge is 2.36. The molecule has 0 aliphatic heterocycles. The monoisotopic (exact) mass is 478 g/mol. The number of rotatable bonds is 6. The third-order valence-electron chi connectivity index (χ3n) is 3.79. The van der Waals surface area contributed by atoms with Crippen LogP contribution in [0.2, 0.25) is 0 Å². The standard InChI is InChI=1S/C18H12F6N4OS2/c19-17(20,21)12-5-1-10(2-6-12)9-25-14(29)11-3-7-13(8-4-11)30-28-16-26-15(27-31-16)18(22,23)24/h1-8H,9H2,(H,25,29)(H,26,27,28). The Kier molecular flexibility index (Phi) is 6.74. The number of halogens is 6. The predicted molar refractivity (Wildman–Crippen MR) is 103 cm³/mol. The van der Waals surface area contributed by atoms with E-state index in [-0.39, 0.29) is 11.7 Å². The Morgan fingerprint density at radius 3 is 2.13 bits per heavy atom. The van der Waals surface area contributed by atoms with E-state index in [1.165, 1.54) is 24.3 Å². The molecule has 0 spiro atoms. The van der Waals surface area contributed by atoms with Crippen molar-refractivity contribution in [1.29, 1.82) is 0 Å². The largest absolute Gasteiger partial charge is 0.452 e. The van der Waals surface area contributed by atoms with Crippen molar-refractivity contribution in [3.05, 3.63) is 71.0 Å². The van der Waals surface area contributed by atoms with Crippen molar-refractivity contribution in [3.8, 4) is 0 Å². The van der Waals surface area contributed by atoms with Gasteiger partial charge in [0.15, 0.2) is 0 Å². The first-order valence-corrected chi connectivity index (χ1v) is 9.99. The molecule has 31 heavy (non-hydrogen) atoms. The van der Waals surface area contributed by atoms with Crippen molar-refractivity contribution in [3.63, 3.8) is 0 Å². The van der Waals surface area contributed by atoms with Crippen molar-refractivity contribution in [2.24, 2.45) is 0 Å². The number of alkyl halides is 6. The Bertz CT molecular complexity index is 1030. The lowest BCUT2D eigenvalue weighted by molar-refractivity contribution is -0.144. The number of aromatic nitrogens is 2. The topological polar surface area (TPSA) is 66.9 Å². The van der Waals surface area contributed by atoms with Gasteiger partial charge in [0.2, 0.25) is 11.0 Å². The summed E-state index contributed by atoms with van der Waals surface area (Å²) < 4.78 is 81.0. The molecular weight excluding hydrogens is 466 g/mol. The molecule has 1 heterocycles. The van der Waals surface area contributed by atoms with Gasteiger partial charge in [-0.3, -0.25) is 4.79 Å². The van der Waals surface area contributed by atoms with Gasteiger partial charge in [-0.25, -0.2) is 0 Å². The summed E-state index contributed by atoms with van der Waals surface area (Å²) in [5.74, 6) is -1.65. The number of nitrogens with zero attached hydrogens (tertiary/aromatic N) is 2. The highest BCUT2D eigenvalue weighted by atomic mass is 32.2. The molecule has 0 fully saturated rings. The average Bonchev–Trinajstić information content (AvgIpc) is 3.20. The molecule has 164 valence electrons. The smallest absolute Gasteiger partial charge is 0.348 e. The minimum Gasteiger partial charge on any atom is -0.348 e. The van der Waals surface area contributed by atoms with Crippen LogP contribution in [0.3, 0.4) is 0 Å². The van der Waals surface area contributed by atoms with Gasteiger partial charge in [0.1, 0.15) is 0 Å². The lowest BCUT2D eigenvalue weighted by atomic mass is 10.1. The fourth-order valence-electron chi connectivity index (χ4n) is 2.25. The van der Waals surface area contributed by atoms with Crippen LogP contribution in [0.5, 0.6) is 0 Å². The molecule has 3 aromatic rings. The van der Waals surface area contributed by atoms with Crippen LogP contribution in [0.15, 0.2) is 53.4 Å². The average molecular weight is 478 g/mol. The summed E-state index contributed by atoms with van der Waals surface area (Å²) in [5, 5.41) is 2.58. The van der Waals surface area contributed by atoms with Crippen molar-refractivity contribution in [2.45, 2.75) is 23.8 Å². The molecule has 1 amide bonds. The van der Waals surface area contributed by atoms with Crippen LogP contribution in [-0.2, 0) is 18.9 Å². The molecule has 1 aromatic heterocycles.